The minimum Gasteiger partial charge on any atom is -0.487 e. The molecule has 2 aromatic rings. The van der Waals surface area contributed by atoms with Crippen molar-refractivity contribution in [1.29, 1.82) is 0 Å². The summed E-state index contributed by atoms with van der Waals surface area (Å²) < 4.78 is 6.18. The summed E-state index contributed by atoms with van der Waals surface area (Å²) in [4.78, 5) is 23.1. The molecule has 3 rings (SSSR count). The molecular formula is C20H27N5O2. The Hall–Kier alpha value is -2.67. The molecule has 0 saturated carbocycles. The number of carbonyl (C=O) groups excluding carboxylic acids is 1. The number of amides is 2. The summed E-state index contributed by atoms with van der Waals surface area (Å²) in [7, 11) is 2.10. The third kappa shape index (κ3) is 5.40. The molecule has 0 radical (unpaired) electrons. The van der Waals surface area contributed by atoms with Crippen LogP contribution >= 0.6 is 0 Å². The van der Waals surface area contributed by atoms with Crippen LogP contribution in [-0.2, 0) is 6.42 Å². The van der Waals surface area contributed by atoms with Crippen LogP contribution in [-0.4, -0.2) is 47.1 Å². The Balaban J connectivity index is 1.67. The second-order valence-electron chi connectivity index (χ2n) is 6.97. The topological polar surface area (TPSA) is 79.4 Å². The predicted molar refractivity (Wildman–Crippen MR) is 106 cm³/mol. The van der Waals surface area contributed by atoms with Crippen LogP contribution < -0.4 is 15.4 Å². The maximum atomic E-state index is 12.4. The van der Waals surface area contributed by atoms with Crippen LogP contribution in [0.5, 0.6) is 5.75 Å². The lowest BCUT2D eigenvalue weighted by molar-refractivity contribution is 0.105. The van der Waals surface area contributed by atoms with Crippen molar-refractivity contribution in [3.63, 3.8) is 0 Å². The molecule has 0 bridgehead atoms. The Kier molecular flexibility index (Phi) is 6.24. The van der Waals surface area contributed by atoms with E-state index in [2.05, 4.69) is 32.5 Å². The number of nitrogens with one attached hydrogen (secondary N) is 2. The number of hydrogen-bond donors (Lipinski definition) is 2. The van der Waals surface area contributed by atoms with Crippen molar-refractivity contribution in [3.8, 4) is 5.75 Å². The van der Waals surface area contributed by atoms with E-state index >= 15 is 0 Å². The third-order valence-electron chi connectivity index (χ3n) is 4.57. The van der Waals surface area contributed by atoms with Gasteiger partial charge in [0.1, 0.15) is 11.9 Å². The normalized spacial score (nSPS) is 17.4. The number of ether oxygens (including phenoxy) is 1. The second kappa shape index (κ2) is 8.81. The Morgan fingerprint density at radius 2 is 2.15 bits per heavy atom. The number of rotatable bonds is 5. The molecule has 7 nitrogen and oxygen atoms in total. The first-order valence-corrected chi connectivity index (χ1v) is 9.38. The van der Waals surface area contributed by atoms with Crippen LogP contribution in [0.3, 0.4) is 0 Å². The number of likely N-dealkylation sites (tertiary alicyclic amines) is 1. The summed E-state index contributed by atoms with van der Waals surface area (Å²) in [5.74, 6) is 1.09. The van der Waals surface area contributed by atoms with Crippen molar-refractivity contribution in [2.75, 3.05) is 30.8 Å². The Labute approximate surface area is 160 Å². The van der Waals surface area contributed by atoms with Crippen molar-refractivity contribution >= 4 is 17.5 Å². The average Bonchev–Trinajstić information content (AvgIpc) is 2.64. The Bertz CT molecular complexity index is 778. The smallest absolute Gasteiger partial charge is 0.324 e. The van der Waals surface area contributed by atoms with Crippen molar-refractivity contribution in [2.24, 2.45) is 0 Å². The molecule has 0 aliphatic carbocycles. The highest BCUT2D eigenvalue weighted by Gasteiger charge is 2.20. The molecule has 1 atom stereocenters. The van der Waals surface area contributed by atoms with Crippen LogP contribution in [0, 0.1) is 6.92 Å². The van der Waals surface area contributed by atoms with E-state index in [1.807, 2.05) is 32.0 Å². The molecule has 144 valence electrons. The first-order valence-electron chi connectivity index (χ1n) is 9.38. The SMILES string of the molecule is CCc1cnc(NC(=O)Nc2cc(C)ccc2OC2CCCN(C)C2)cn1. The highest BCUT2D eigenvalue weighted by Crippen LogP contribution is 2.28. The lowest BCUT2D eigenvalue weighted by Crippen LogP contribution is -2.38. The van der Waals surface area contributed by atoms with E-state index in [0.29, 0.717) is 17.3 Å². The molecule has 1 saturated heterocycles. The van der Waals surface area contributed by atoms with E-state index in [9.17, 15) is 4.79 Å². The monoisotopic (exact) mass is 369 g/mol. The molecule has 2 amide bonds. The number of piperidine rings is 1. The van der Waals surface area contributed by atoms with Gasteiger partial charge in [-0.3, -0.25) is 10.3 Å². The van der Waals surface area contributed by atoms with Crippen LogP contribution in [0.15, 0.2) is 30.6 Å². The van der Waals surface area contributed by atoms with Crippen molar-refractivity contribution < 1.29 is 9.53 Å². The highest BCUT2D eigenvalue weighted by atomic mass is 16.5. The number of benzene rings is 1. The number of carbonyl (C=O) groups is 1. The van der Waals surface area contributed by atoms with Gasteiger partial charge in [0, 0.05) is 6.54 Å². The summed E-state index contributed by atoms with van der Waals surface area (Å²) in [6, 6.07) is 5.44. The number of aromatic nitrogens is 2. The first-order chi connectivity index (χ1) is 13.0. The van der Waals surface area contributed by atoms with Gasteiger partial charge >= 0.3 is 6.03 Å². The minimum absolute atomic E-state index is 0.127. The average molecular weight is 369 g/mol. The van der Waals surface area contributed by atoms with Crippen LogP contribution in [0.2, 0.25) is 0 Å². The van der Waals surface area contributed by atoms with Crippen LogP contribution in [0.4, 0.5) is 16.3 Å². The van der Waals surface area contributed by atoms with E-state index in [1.54, 1.807) is 12.4 Å². The zero-order valence-corrected chi connectivity index (χ0v) is 16.2. The molecule has 7 heteroatoms. The summed E-state index contributed by atoms with van der Waals surface area (Å²) in [6.45, 7) is 5.97. The van der Waals surface area contributed by atoms with E-state index in [1.165, 1.54) is 0 Å². The molecule has 2 heterocycles. The standard InChI is InChI=1S/C20H27N5O2/c1-4-15-11-22-19(12-21-15)24-20(26)23-17-10-14(2)7-8-18(17)27-16-6-5-9-25(3)13-16/h7-8,10-12,16H,4-6,9,13H2,1-3H3,(H2,22,23,24,26). The molecule has 1 aromatic carbocycles. The minimum atomic E-state index is -0.371. The van der Waals surface area contributed by atoms with Gasteiger partial charge in [0.05, 0.1) is 23.8 Å². The largest absolute Gasteiger partial charge is 0.487 e. The fourth-order valence-electron chi connectivity index (χ4n) is 3.11. The van der Waals surface area contributed by atoms with Crippen LogP contribution in [0.25, 0.3) is 0 Å². The lowest BCUT2D eigenvalue weighted by atomic mass is 10.1. The van der Waals surface area contributed by atoms with E-state index < -0.39 is 0 Å². The fraction of sp³-hybridized carbons (Fsp3) is 0.450. The maximum absolute atomic E-state index is 12.4. The van der Waals surface area contributed by atoms with Gasteiger partial charge in [0.15, 0.2) is 5.82 Å². The van der Waals surface area contributed by atoms with Gasteiger partial charge in [0.25, 0.3) is 0 Å². The number of anilines is 2. The third-order valence-corrected chi connectivity index (χ3v) is 4.57. The number of nitrogens with zero attached hydrogens (tertiary/aromatic N) is 3. The van der Waals surface area contributed by atoms with E-state index in [-0.39, 0.29) is 12.1 Å². The molecule has 1 aliphatic rings. The molecule has 0 spiro atoms. The van der Waals surface area contributed by atoms with Gasteiger partial charge in [-0.05, 0) is 57.5 Å². The summed E-state index contributed by atoms with van der Waals surface area (Å²) in [5.41, 5.74) is 2.58. The van der Waals surface area contributed by atoms with Gasteiger partial charge < -0.3 is 15.0 Å². The summed E-state index contributed by atoms with van der Waals surface area (Å²) >= 11 is 0. The zero-order valence-electron chi connectivity index (χ0n) is 16.2. The Morgan fingerprint density at radius 1 is 1.30 bits per heavy atom. The first kappa shape index (κ1) is 19.1. The zero-order chi connectivity index (χ0) is 19.2. The highest BCUT2D eigenvalue weighted by molar-refractivity contribution is 6.00. The second-order valence-corrected chi connectivity index (χ2v) is 6.97. The fourth-order valence-corrected chi connectivity index (χ4v) is 3.11. The number of urea groups is 1. The molecule has 1 fully saturated rings. The van der Waals surface area contributed by atoms with Crippen molar-refractivity contribution in [3.05, 3.63) is 41.9 Å². The van der Waals surface area contributed by atoms with Crippen molar-refractivity contribution in [2.45, 2.75) is 39.2 Å². The van der Waals surface area contributed by atoms with E-state index in [4.69, 9.17) is 4.74 Å². The van der Waals surface area contributed by atoms with E-state index in [0.717, 1.165) is 43.6 Å². The van der Waals surface area contributed by atoms with Gasteiger partial charge in [-0.1, -0.05) is 13.0 Å². The van der Waals surface area contributed by atoms with Crippen molar-refractivity contribution in [1.82, 2.24) is 14.9 Å². The van der Waals surface area contributed by atoms with Gasteiger partial charge in [-0.25, -0.2) is 9.78 Å². The Morgan fingerprint density at radius 3 is 2.85 bits per heavy atom. The quantitative estimate of drug-likeness (QED) is 0.844. The van der Waals surface area contributed by atoms with Crippen LogP contribution in [0.1, 0.15) is 31.0 Å². The number of likely N-dealkylation sites (N-methyl/N-ethyl adjacent to an activating group) is 1. The molecule has 1 aliphatic heterocycles. The number of hydrogen-bond acceptors (Lipinski definition) is 5. The molecule has 27 heavy (non-hydrogen) atoms. The molecule has 2 N–H and O–H groups in total. The predicted octanol–water partition coefficient (Wildman–Crippen LogP) is 3.46. The molecule has 1 aromatic heterocycles. The number of aryl methyl sites for hydroxylation is 2. The summed E-state index contributed by atoms with van der Waals surface area (Å²) in [6.07, 6.45) is 6.29. The van der Waals surface area contributed by atoms with Gasteiger partial charge in [-0.15, -0.1) is 0 Å². The van der Waals surface area contributed by atoms with Gasteiger partial charge in [0.2, 0.25) is 0 Å². The maximum Gasteiger partial charge on any atom is 0.324 e. The summed E-state index contributed by atoms with van der Waals surface area (Å²) in [5, 5.41) is 5.58. The lowest BCUT2D eigenvalue weighted by Gasteiger charge is -2.30. The molecular weight excluding hydrogens is 342 g/mol. The molecule has 1 unspecified atom stereocenters. The van der Waals surface area contributed by atoms with Gasteiger partial charge in [-0.2, -0.15) is 0 Å².